The van der Waals surface area contributed by atoms with E-state index in [1.165, 1.54) is 29.1 Å². The van der Waals surface area contributed by atoms with Crippen LogP contribution in [0.2, 0.25) is 0 Å². The van der Waals surface area contributed by atoms with Crippen LogP contribution in [0, 0.1) is 6.92 Å². The molecule has 2 aliphatic rings. The van der Waals surface area contributed by atoms with Gasteiger partial charge in [0, 0.05) is 35.4 Å². The molecular formula is C19H34IN5OS. The van der Waals surface area contributed by atoms with Crippen LogP contribution in [0.4, 0.5) is 0 Å². The number of nitrogens with zero attached hydrogens (tertiary/aromatic N) is 3. The Kier molecular flexibility index (Phi) is 9.78. The molecule has 0 aromatic carbocycles. The van der Waals surface area contributed by atoms with Gasteiger partial charge in [0.2, 0.25) is 0 Å². The number of hydrogen-bond donors (Lipinski definition) is 2. The van der Waals surface area contributed by atoms with E-state index in [2.05, 4.69) is 46.1 Å². The van der Waals surface area contributed by atoms with E-state index in [9.17, 15) is 0 Å². The van der Waals surface area contributed by atoms with Gasteiger partial charge in [-0.1, -0.05) is 6.92 Å². The number of morpholine rings is 1. The fourth-order valence-electron chi connectivity index (χ4n) is 3.91. The second-order valence-electron chi connectivity index (χ2n) is 7.14. The molecule has 6 nitrogen and oxygen atoms in total. The molecular weight excluding hydrogens is 473 g/mol. The maximum atomic E-state index is 6.18. The third-order valence-corrected chi connectivity index (χ3v) is 6.54. The lowest BCUT2D eigenvalue weighted by Crippen LogP contribution is -2.43. The highest BCUT2D eigenvalue weighted by Gasteiger charge is 2.24. The van der Waals surface area contributed by atoms with Crippen molar-refractivity contribution in [1.29, 1.82) is 0 Å². The number of likely N-dealkylation sites (N-methyl/N-ethyl adjacent to an activating group) is 1. The van der Waals surface area contributed by atoms with E-state index in [0.717, 1.165) is 39.4 Å². The predicted octanol–water partition coefficient (Wildman–Crippen LogP) is 2.44. The van der Waals surface area contributed by atoms with Gasteiger partial charge >= 0.3 is 0 Å². The van der Waals surface area contributed by atoms with Gasteiger partial charge in [0.05, 0.1) is 25.8 Å². The van der Waals surface area contributed by atoms with Crippen LogP contribution in [0.5, 0.6) is 0 Å². The molecule has 2 fully saturated rings. The first kappa shape index (κ1) is 22.9. The molecule has 8 heteroatoms. The molecule has 1 aromatic rings. The third-order valence-electron chi connectivity index (χ3n) is 5.43. The lowest BCUT2D eigenvalue weighted by Gasteiger charge is -2.33. The fourth-order valence-corrected chi connectivity index (χ4v) is 4.92. The molecule has 1 aromatic heterocycles. The van der Waals surface area contributed by atoms with Crippen LogP contribution < -0.4 is 11.1 Å². The number of aryl methyl sites for hydroxylation is 1. The predicted molar refractivity (Wildman–Crippen MR) is 124 cm³/mol. The fraction of sp³-hybridized carbons (Fsp3) is 0.737. The summed E-state index contributed by atoms with van der Waals surface area (Å²) in [4.78, 5) is 12.4. The van der Waals surface area contributed by atoms with E-state index < -0.39 is 0 Å². The number of guanidine groups is 1. The molecule has 2 saturated heterocycles. The maximum absolute atomic E-state index is 6.18. The van der Waals surface area contributed by atoms with Crippen LogP contribution in [0.25, 0.3) is 0 Å². The molecule has 3 rings (SSSR count). The van der Waals surface area contributed by atoms with Gasteiger partial charge in [-0.3, -0.25) is 14.8 Å². The van der Waals surface area contributed by atoms with Crippen molar-refractivity contribution in [2.45, 2.75) is 38.8 Å². The van der Waals surface area contributed by atoms with Crippen molar-refractivity contribution in [1.82, 2.24) is 15.1 Å². The Hall–Kier alpha value is -0.420. The Bertz CT molecular complexity index is 590. The Balaban J connectivity index is 0.00000261. The van der Waals surface area contributed by atoms with Gasteiger partial charge in [-0.2, -0.15) is 0 Å². The first-order valence-corrected chi connectivity index (χ1v) is 10.6. The van der Waals surface area contributed by atoms with Crippen LogP contribution >= 0.6 is 35.3 Å². The summed E-state index contributed by atoms with van der Waals surface area (Å²) >= 11 is 1.86. The summed E-state index contributed by atoms with van der Waals surface area (Å²) in [5.74, 6) is 0.569. The van der Waals surface area contributed by atoms with E-state index in [-0.39, 0.29) is 30.0 Å². The van der Waals surface area contributed by atoms with Gasteiger partial charge in [0.1, 0.15) is 0 Å². The highest BCUT2D eigenvalue weighted by Crippen LogP contribution is 2.28. The average Bonchev–Trinajstić information content (AvgIpc) is 3.29. The Morgan fingerprint density at radius 1 is 1.37 bits per heavy atom. The SMILES string of the molecule is CCN1CCCC1CNC(N)=NCC(c1ccc(C)s1)N1CCOCC1.I. The van der Waals surface area contributed by atoms with Gasteiger partial charge < -0.3 is 15.8 Å². The van der Waals surface area contributed by atoms with E-state index in [4.69, 9.17) is 10.5 Å². The molecule has 154 valence electrons. The molecule has 0 aliphatic carbocycles. The largest absolute Gasteiger partial charge is 0.379 e. The minimum absolute atomic E-state index is 0. The minimum atomic E-state index is 0. The van der Waals surface area contributed by atoms with E-state index in [0.29, 0.717) is 18.5 Å². The van der Waals surface area contributed by atoms with Gasteiger partial charge in [-0.05, 0) is 45.0 Å². The second kappa shape index (κ2) is 11.5. The number of aliphatic imine (C=N–C) groups is 1. The van der Waals surface area contributed by atoms with Crippen molar-refractivity contribution in [3.63, 3.8) is 0 Å². The molecule has 0 bridgehead atoms. The first-order valence-electron chi connectivity index (χ1n) is 9.83. The van der Waals surface area contributed by atoms with Gasteiger partial charge in [0.15, 0.2) is 5.96 Å². The topological polar surface area (TPSA) is 66.1 Å². The lowest BCUT2D eigenvalue weighted by molar-refractivity contribution is 0.0187. The highest BCUT2D eigenvalue weighted by atomic mass is 127. The summed E-state index contributed by atoms with van der Waals surface area (Å²) in [6, 6.07) is 5.30. The highest BCUT2D eigenvalue weighted by molar-refractivity contribution is 14.0. The number of likely N-dealkylation sites (tertiary alicyclic amines) is 1. The number of hydrogen-bond acceptors (Lipinski definition) is 5. The third kappa shape index (κ3) is 6.56. The summed E-state index contributed by atoms with van der Waals surface area (Å²) in [6.45, 7) is 11.8. The summed E-state index contributed by atoms with van der Waals surface area (Å²) < 4.78 is 5.52. The van der Waals surface area contributed by atoms with E-state index >= 15 is 0 Å². The van der Waals surface area contributed by atoms with Crippen LogP contribution in [0.3, 0.4) is 0 Å². The molecule has 0 spiro atoms. The zero-order valence-electron chi connectivity index (χ0n) is 16.5. The zero-order chi connectivity index (χ0) is 18.4. The Morgan fingerprint density at radius 3 is 2.81 bits per heavy atom. The molecule has 0 saturated carbocycles. The maximum Gasteiger partial charge on any atom is 0.188 e. The second-order valence-corrected chi connectivity index (χ2v) is 8.46. The number of nitrogens with one attached hydrogen (secondary N) is 1. The summed E-state index contributed by atoms with van der Waals surface area (Å²) in [5.41, 5.74) is 6.18. The van der Waals surface area contributed by atoms with E-state index in [1.807, 2.05) is 11.3 Å². The molecule has 27 heavy (non-hydrogen) atoms. The molecule has 2 unspecified atom stereocenters. The molecule has 0 amide bonds. The molecule has 3 N–H and O–H groups in total. The monoisotopic (exact) mass is 507 g/mol. The molecule has 3 heterocycles. The van der Waals surface area contributed by atoms with Crippen LogP contribution in [-0.2, 0) is 4.74 Å². The van der Waals surface area contributed by atoms with Crippen LogP contribution in [0.1, 0.15) is 35.6 Å². The zero-order valence-corrected chi connectivity index (χ0v) is 19.7. The standard InChI is InChI=1S/C19H33N5OS.HI/c1-3-23-8-4-5-16(23)13-21-19(20)22-14-17(18-7-6-15(2)26-18)24-9-11-25-12-10-24;/h6-7,16-17H,3-5,8-14H2,1-2H3,(H3,20,21,22);1H. The van der Waals surface area contributed by atoms with Gasteiger partial charge in [-0.25, -0.2) is 0 Å². The quantitative estimate of drug-likeness (QED) is 0.337. The van der Waals surface area contributed by atoms with Crippen molar-refractivity contribution in [3.8, 4) is 0 Å². The molecule has 2 aliphatic heterocycles. The first-order chi connectivity index (χ1) is 12.7. The van der Waals surface area contributed by atoms with Gasteiger partial charge in [0.25, 0.3) is 0 Å². The van der Waals surface area contributed by atoms with Crippen molar-refractivity contribution < 1.29 is 4.74 Å². The van der Waals surface area contributed by atoms with Crippen molar-refractivity contribution >= 4 is 41.3 Å². The average molecular weight is 507 g/mol. The van der Waals surface area contributed by atoms with Crippen molar-refractivity contribution in [2.24, 2.45) is 10.7 Å². The van der Waals surface area contributed by atoms with Crippen LogP contribution in [0.15, 0.2) is 17.1 Å². The lowest BCUT2D eigenvalue weighted by atomic mass is 10.2. The Labute approximate surface area is 184 Å². The number of rotatable bonds is 7. The summed E-state index contributed by atoms with van der Waals surface area (Å²) in [6.07, 6.45) is 2.53. The van der Waals surface area contributed by atoms with Crippen LogP contribution in [-0.4, -0.2) is 74.3 Å². The number of ether oxygens (including phenoxy) is 1. The number of nitrogens with two attached hydrogens (primary N) is 1. The molecule has 0 radical (unpaired) electrons. The minimum Gasteiger partial charge on any atom is -0.379 e. The normalized spacial score (nSPS) is 23.2. The number of thiophene rings is 1. The summed E-state index contributed by atoms with van der Waals surface area (Å²) in [7, 11) is 0. The van der Waals surface area contributed by atoms with Crippen molar-refractivity contribution in [2.75, 3.05) is 52.5 Å². The summed E-state index contributed by atoms with van der Waals surface area (Å²) in [5, 5.41) is 3.35. The number of halogens is 1. The van der Waals surface area contributed by atoms with E-state index in [1.54, 1.807) is 0 Å². The van der Waals surface area contributed by atoms with Crippen molar-refractivity contribution in [3.05, 3.63) is 21.9 Å². The molecule has 2 atom stereocenters. The smallest absolute Gasteiger partial charge is 0.188 e. The Morgan fingerprint density at radius 2 is 2.15 bits per heavy atom. The van der Waals surface area contributed by atoms with Gasteiger partial charge in [-0.15, -0.1) is 35.3 Å².